The smallest absolute Gasteiger partial charge is 0.260 e. The maximum atomic E-state index is 14.4. The van der Waals surface area contributed by atoms with Crippen molar-refractivity contribution in [2.75, 3.05) is 7.11 Å². The fraction of sp³-hybridized carbons (Fsp3) is 0.290. The molecule has 1 saturated carbocycles. The lowest BCUT2D eigenvalue weighted by Gasteiger charge is -2.44. The molecule has 1 heterocycles. The summed E-state index contributed by atoms with van der Waals surface area (Å²) in [6.07, 6.45) is 6.12. The summed E-state index contributed by atoms with van der Waals surface area (Å²) in [5.41, 5.74) is 2.93. The van der Waals surface area contributed by atoms with Crippen LogP contribution in [0.4, 0.5) is 4.39 Å². The summed E-state index contributed by atoms with van der Waals surface area (Å²) in [6, 6.07) is 21.6. The van der Waals surface area contributed by atoms with E-state index in [2.05, 4.69) is 5.32 Å². The van der Waals surface area contributed by atoms with Crippen molar-refractivity contribution in [1.82, 2.24) is 10.2 Å². The zero-order valence-electron chi connectivity index (χ0n) is 21.4. The van der Waals surface area contributed by atoms with E-state index in [1.807, 2.05) is 53.4 Å². The minimum atomic E-state index is -0.280. The molecular formula is C31H31FN2O3S. The Hall–Kier alpha value is -3.58. The first-order valence-electron chi connectivity index (χ1n) is 13.0. The van der Waals surface area contributed by atoms with Gasteiger partial charge >= 0.3 is 0 Å². The zero-order chi connectivity index (χ0) is 26.5. The van der Waals surface area contributed by atoms with Crippen LogP contribution < -0.4 is 10.1 Å². The number of carbonyl (C=O) groups excluding carboxylic acids is 2. The lowest BCUT2D eigenvalue weighted by atomic mass is 9.92. The second-order valence-corrected chi connectivity index (χ2v) is 11.0. The third-order valence-electron chi connectivity index (χ3n) is 7.20. The monoisotopic (exact) mass is 530 g/mol. The minimum absolute atomic E-state index is 0.0530. The summed E-state index contributed by atoms with van der Waals surface area (Å²) < 4.78 is 19.6. The van der Waals surface area contributed by atoms with Crippen LogP contribution in [0.15, 0.2) is 77.7 Å². The number of nitrogens with one attached hydrogen (secondary N) is 1. The van der Waals surface area contributed by atoms with Crippen LogP contribution in [-0.4, -0.2) is 35.1 Å². The fourth-order valence-electron chi connectivity index (χ4n) is 5.08. The van der Waals surface area contributed by atoms with Crippen molar-refractivity contribution in [3.05, 3.63) is 106 Å². The predicted molar refractivity (Wildman–Crippen MR) is 149 cm³/mol. The van der Waals surface area contributed by atoms with E-state index in [1.165, 1.54) is 6.07 Å². The van der Waals surface area contributed by atoms with Gasteiger partial charge in [0.05, 0.1) is 12.0 Å². The minimum Gasteiger partial charge on any atom is -0.497 e. The number of nitrogens with zero attached hydrogens (tertiary/aromatic N) is 1. The molecule has 3 aromatic rings. The maximum Gasteiger partial charge on any atom is 0.260 e. The Labute approximate surface area is 227 Å². The molecule has 1 aliphatic heterocycles. The van der Waals surface area contributed by atoms with Crippen molar-refractivity contribution < 1.29 is 18.7 Å². The van der Waals surface area contributed by atoms with Crippen molar-refractivity contribution in [3.8, 4) is 5.75 Å². The zero-order valence-corrected chi connectivity index (χ0v) is 22.2. The predicted octanol–water partition coefficient (Wildman–Crippen LogP) is 6.19. The molecule has 0 spiro atoms. The average Bonchev–Trinajstić information content (AvgIpc) is 2.95. The molecule has 0 bridgehead atoms. The van der Waals surface area contributed by atoms with Gasteiger partial charge in [0.2, 0.25) is 0 Å². The Morgan fingerprint density at radius 3 is 2.53 bits per heavy atom. The molecule has 2 unspecified atom stereocenters. The average molecular weight is 531 g/mol. The van der Waals surface area contributed by atoms with E-state index in [9.17, 15) is 14.0 Å². The molecule has 2 atom stereocenters. The molecule has 2 fully saturated rings. The SMILES string of the molecule is COc1ccc(CNC(=O)c2ccc(/C=C3\SC4CCCCC4N(Cc4ccccc4F)C3=O)cc2)cc1. The number of ether oxygens (including phenoxy) is 1. The van der Waals surface area contributed by atoms with E-state index >= 15 is 0 Å². The van der Waals surface area contributed by atoms with Crippen molar-refractivity contribution in [3.63, 3.8) is 0 Å². The van der Waals surface area contributed by atoms with Crippen molar-refractivity contribution in [1.29, 1.82) is 0 Å². The molecule has 38 heavy (non-hydrogen) atoms. The van der Waals surface area contributed by atoms with Crippen LogP contribution in [0.2, 0.25) is 0 Å². The molecule has 5 rings (SSSR count). The van der Waals surface area contributed by atoms with Gasteiger partial charge in [-0.2, -0.15) is 0 Å². The van der Waals surface area contributed by atoms with Gasteiger partial charge in [-0.05, 0) is 60.4 Å². The van der Waals surface area contributed by atoms with Gasteiger partial charge in [0.25, 0.3) is 11.8 Å². The standard InChI is InChI=1S/C31H31FN2O3S/c1-37-25-16-12-22(13-17-25)19-33-30(35)23-14-10-21(11-15-23)18-29-31(36)34(20-24-6-2-3-7-26(24)32)27-8-4-5-9-28(27)38-29/h2-3,6-7,10-18,27-28H,4-5,8-9,19-20H2,1H3,(H,33,35)/b29-18-. The molecule has 1 N–H and O–H groups in total. The summed E-state index contributed by atoms with van der Waals surface area (Å²) in [5, 5.41) is 3.24. The number of thioether (sulfide) groups is 1. The van der Waals surface area contributed by atoms with Crippen molar-refractivity contribution in [2.24, 2.45) is 0 Å². The van der Waals surface area contributed by atoms with Gasteiger partial charge in [-0.1, -0.05) is 55.3 Å². The summed E-state index contributed by atoms with van der Waals surface area (Å²) in [7, 11) is 1.62. The second-order valence-electron chi connectivity index (χ2n) is 9.69. The van der Waals surface area contributed by atoms with E-state index in [4.69, 9.17) is 4.74 Å². The number of rotatable bonds is 7. The molecule has 7 heteroatoms. The van der Waals surface area contributed by atoms with Gasteiger partial charge in [0.15, 0.2) is 0 Å². The largest absolute Gasteiger partial charge is 0.497 e. The number of fused-ring (bicyclic) bond motifs is 1. The van der Waals surface area contributed by atoms with Crippen LogP contribution in [0.5, 0.6) is 5.75 Å². The summed E-state index contributed by atoms with van der Waals surface area (Å²) in [5.74, 6) is 0.276. The molecule has 0 aromatic heterocycles. The van der Waals surface area contributed by atoms with Crippen molar-refractivity contribution in [2.45, 2.75) is 50.1 Å². The number of halogens is 1. The maximum absolute atomic E-state index is 14.4. The van der Waals surface area contributed by atoms with E-state index < -0.39 is 0 Å². The molecule has 196 valence electrons. The second kappa shape index (κ2) is 11.9. The third kappa shape index (κ3) is 5.94. The Balaban J connectivity index is 1.28. The van der Waals surface area contributed by atoms with Gasteiger partial charge in [0.1, 0.15) is 11.6 Å². The summed E-state index contributed by atoms with van der Waals surface area (Å²) in [6.45, 7) is 0.693. The molecule has 2 amide bonds. The quantitative estimate of drug-likeness (QED) is 0.370. The number of benzene rings is 3. The highest BCUT2D eigenvalue weighted by Crippen LogP contribution is 2.42. The number of carbonyl (C=O) groups is 2. The summed E-state index contributed by atoms with van der Waals surface area (Å²) in [4.78, 5) is 28.8. The number of amides is 2. The Bertz CT molecular complexity index is 1320. The van der Waals surface area contributed by atoms with Gasteiger partial charge in [-0.3, -0.25) is 9.59 Å². The van der Waals surface area contributed by atoms with Crippen LogP contribution in [0.1, 0.15) is 52.7 Å². The molecule has 1 saturated heterocycles. The van der Waals surface area contributed by atoms with Crippen LogP contribution in [0, 0.1) is 5.82 Å². The number of methoxy groups -OCH3 is 1. The van der Waals surface area contributed by atoms with Gasteiger partial charge in [-0.15, -0.1) is 11.8 Å². The first-order chi connectivity index (χ1) is 18.5. The van der Waals surface area contributed by atoms with E-state index in [0.29, 0.717) is 27.8 Å². The Morgan fingerprint density at radius 2 is 1.79 bits per heavy atom. The molecule has 0 radical (unpaired) electrons. The Kier molecular flexibility index (Phi) is 8.13. The fourth-order valence-corrected chi connectivity index (χ4v) is 6.55. The van der Waals surface area contributed by atoms with Gasteiger partial charge in [0, 0.05) is 35.5 Å². The molecular weight excluding hydrogens is 499 g/mol. The lowest BCUT2D eigenvalue weighted by molar-refractivity contribution is -0.130. The van der Waals surface area contributed by atoms with Gasteiger partial charge in [-0.25, -0.2) is 4.39 Å². The van der Waals surface area contributed by atoms with E-state index in [0.717, 1.165) is 42.6 Å². The van der Waals surface area contributed by atoms with Crippen molar-refractivity contribution >= 4 is 29.7 Å². The third-order valence-corrected chi connectivity index (χ3v) is 8.60. The highest BCUT2D eigenvalue weighted by molar-refractivity contribution is 8.04. The first kappa shape index (κ1) is 26.0. The molecule has 5 nitrogen and oxygen atoms in total. The molecule has 3 aromatic carbocycles. The molecule has 2 aliphatic rings. The normalized spacial score (nSPS) is 20.2. The van der Waals surface area contributed by atoms with Crippen LogP contribution in [0.25, 0.3) is 6.08 Å². The van der Waals surface area contributed by atoms with E-state index in [1.54, 1.807) is 43.1 Å². The number of hydrogen-bond acceptors (Lipinski definition) is 4. The summed E-state index contributed by atoms with van der Waals surface area (Å²) >= 11 is 1.64. The van der Waals surface area contributed by atoms with Crippen LogP contribution in [0.3, 0.4) is 0 Å². The highest BCUT2D eigenvalue weighted by atomic mass is 32.2. The van der Waals surface area contributed by atoms with Crippen LogP contribution >= 0.6 is 11.8 Å². The lowest BCUT2D eigenvalue weighted by Crippen LogP contribution is -2.50. The first-order valence-corrected chi connectivity index (χ1v) is 13.8. The van der Waals surface area contributed by atoms with Gasteiger partial charge < -0.3 is 15.0 Å². The Morgan fingerprint density at radius 1 is 1.05 bits per heavy atom. The topological polar surface area (TPSA) is 58.6 Å². The number of hydrogen-bond donors (Lipinski definition) is 1. The van der Waals surface area contributed by atoms with Crippen LogP contribution in [-0.2, 0) is 17.9 Å². The molecule has 1 aliphatic carbocycles. The van der Waals surface area contributed by atoms with E-state index in [-0.39, 0.29) is 30.2 Å². The highest BCUT2D eigenvalue weighted by Gasteiger charge is 2.40.